The van der Waals surface area contributed by atoms with E-state index < -0.39 is 18.2 Å². The third-order valence-corrected chi connectivity index (χ3v) is 2.68. The molecule has 2 N–H and O–H groups in total. The zero-order valence-corrected chi connectivity index (χ0v) is 11.2. The maximum atomic E-state index is 12.1. The van der Waals surface area contributed by atoms with Gasteiger partial charge in [0.2, 0.25) is 5.88 Å². The Morgan fingerprint density at radius 1 is 1.56 bits per heavy atom. The van der Waals surface area contributed by atoms with E-state index in [1.165, 1.54) is 6.07 Å². The standard InChI is InChI=1S/C9H8F3IN2O3/c1-17-8(16)5-2-4(3-14)7(15-6(5)13)18-9(10,11)12/h2H,3,14H2,1H3. The molecule has 9 heteroatoms. The fourth-order valence-electron chi connectivity index (χ4n) is 1.11. The summed E-state index contributed by atoms with van der Waals surface area (Å²) in [4.78, 5) is 14.9. The number of pyridine rings is 1. The number of methoxy groups -OCH3 is 1. The predicted molar refractivity (Wildman–Crippen MR) is 62.9 cm³/mol. The summed E-state index contributed by atoms with van der Waals surface area (Å²) in [6.45, 7) is -0.251. The van der Waals surface area contributed by atoms with Crippen molar-refractivity contribution < 1.29 is 27.4 Å². The summed E-state index contributed by atoms with van der Waals surface area (Å²) in [6, 6.07) is 1.17. The van der Waals surface area contributed by atoms with Gasteiger partial charge in [-0.05, 0) is 28.7 Å². The molecule has 0 amide bonds. The van der Waals surface area contributed by atoms with Crippen LogP contribution in [-0.4, -0.2) is 24.4 Å². The highest BCUT2D eigenvalue weighted by Crippen LogP contribution is 2.27. The number of hydrogen-bond donors (Lipinski definition) is 1. The monoisotopic (exact) mass is 376 g/mol. The Kier molecular flexibility index (Phi) is 4.73. The lowest BCUT2D eigenvalue weighted by Gasteiger charge is -2.13. The number of aromatic nitrogens is 1. The average molecular weight is 376 g/mol. The molecule has 0 radical (unpaired) electrons. The number of rotatable bonds is 3. The van der Waals surface area contributed by atoms with Gasteiger partial charge in [-0.3, -0.25) is 0 Å². The van der Waals surface area contributed by atoms with Crippen LogP contribution in [0.1, 0.15) is 15.9 Å². The van der Waals surface area contributed by atoms with Gasteiger partial charge in [0.1, 0.15) is 3.70 Å². The van der Waals surface area contributed by atoms with Gasteiger partial charge in [0.25, 0.3) is 0 Å². The summed E-state index contributed by atoms with van der Waals surface area (Å²) in [6.07, 6.45) is -4.87. The molecule has 0 fully saturated rings. The molecule has 100 valence electrons. The lowest BCUT2D eigenvalue weighted by atomic mass is 10.2. The van der Waals surface area contributed by atoms with E-state index in [0.717, 1.165) is 7.11 Å². The first kappa shape index (κ1) is 15.0. The molecule has 1 heterocycles. The summed E-state index contributed by atoms with van der Waals surface area (Å²) in [5.41, 5.74) is 5.29. The number of halogens is 4. The van der Waals surface area contributed by atoms with Crippen molar-refractivity contribution in [2.45, 2.75) is 12.9 Å². The molecule has 0 unspecified atom stereocenters. The molecule has 1 aromatic rings. The van der Waals surface area contributed by atoms with Crippen molar-refractivity contribution in [2.24, 2.45) is 5.73 Å². The van der Waals surface area contributed by atoms with Crippen LogP contribution in [0.3, 0.4) is 0 Å². The van der Waals surface area contributed by atoms with Gasteiger partial charge < -0.3 is 15.2 Å². The van der Waals surface area contributed by atoms with Crippen LogP contribution in [-0.2, 0) is 11.3 Å². The minimum atomic E-state index is -4.87. The van der Waals surface area contributed by atoms with Gasteiger partial charge in [-0.1, -0.05) is 0 Å². The summed E-state index contributed by atoms with van der Waals surface area (Å²) in [7, 11) is 1.15. The minimum absolute atomic E-state index is 0.0341. The van der Waals surface area contributed by atoms with Crippen LogP contribution in [0.5, 0.6) is 5.88 Å². The topological polar surface area (TPSA) is 74.4 Å². The zero-order valence-electron chi connectivity index (χ0n) is 9.05. The minimum Gasteiger partial charge on any atom is -0.465 e. The summed E-state index contributed by atoms with van der Waals surface area (Å²) < 4.78 is 44.6. The van der Waals surface area contributed by atoms with E-state index in [4.69, 9.17) is 5.73 Å². The first-order chi connectivity index (χ1) is 8.28. The second-order valence-corrected chi connectivity index (χ2v) is 4.06. The summed E-state index contributed by atoms with van der Waals surface area (Å²) in [5, 5.41) is 0. The highest BCUT2D eigenvalue weighted by atomic mass is 127. The Hall–Kier alpha value is -1.10. The molecule has 0 atom stereocenters. The molecule has 0 saturated carbocycles. The number of ether oxygens (including phenoxy) is 2. The summed E-state index contributed by atoms with van der Waals surface area (Å²) >= 11 is 1.61. The zero-order chi connectivity index (χ0) is 13.9. The van der Waals surface area contributed by atoms with Crippen molar-refractivity contribution >= 4 is 28.6 Å². The molecule has 0 aliphatic heterocycles. The first-order valence-electron chi connectivity index (χ1n) is 4.52. The van der Waals surface area contributed by atoms with Crippen LogP contribution >= 0.6 is 22.6 Å². The Morgan fingerprint density at radius 2 is 2.17 bits per heavy atom. The number of carbonyl (C=O) groups excluding carboxylic acids is 1. The second kappa shape index (κ2) is 5.69. The van der Waals surface area contributed by atoms with Crippen molar-refractivity contribution in [3.63, 3.8) is 0 Å². The van der Waals surface area contributed by atoms with Crippen molar-refractivity contribution in [1.29, 1.82) is 0 Å². The molecule has 1 aromatic heterocycles. The molecule has 1 rings (SSSR count). The maximum absolute atomic E-state index is 12.1. The predicted octanol–water partition coefficient (Wildman–Crippen LogP) is 1.83. The van der Waals surface area contributed by atoms with Gasteiger partial charge in [0.15, 0.2) is 0 Å². The number of esters is 1. The third-order valence-electron chi connectivity index (χ3n) is 1.85. The van der Waals surface area contributed by atoms with Crippen molar-refractivity contribution in [1.82, 2.24) is 4.98 Å². The molecule has 5 nitrogen and oxygen atoms in total. The van der Waals surface area contributed by atoms with E-state index in [9.17, 15) is 18.0 Å². The SMILES string of the molecule is COC(=O)c1cc(CN)c(OC(F)(F)F)nc1I. The van der Waals surface area contributed by atoms with Crippen molar-refractivity contribution in [2.75, 3.05) is 7.11 Å². The van der Waals surface area contributed by atoms with Crippen LogP contribution in [0.15, 0.2) is 6.07 Å². The largest absolute Gasteiger partial charge is 0.574 e. The molecule has 0 bridgehead atoms. The Balaban J connectivity index is 3.23. The van der Waals surface area contributed by atoms with E-state index in [-0.39, 0.29) is 21.4 Å². The van der Waals surface area contributed by atoms with Gasteiger partial charge >= 0.3 is 12.3 Å². The maximum Gasteiger partial charge on any atom is 0.574 e. The van der Waals surface area contributed by atoms with E-state index >= 15 is 0 Å². The molecule has 0 aromatic carbocycles. The molecule has 0 aliphatic rings. The Labute approximate surface area is 114 Å². The highest BCUT2D eigenvalue weighted by molar-refractivity contribution is 14.1. The van der Waals surface area contributed by atoms with Crippen LogP contribution < -0.4 is 10.5 Å². The number of alkyl halides is 3. The van der Waals surface area contributed by atoms with Gasteiger partial charge in [-0.2, -0.15) is 0 Å². The van der Waals surface area contributed by atoms with E-state index in [1.54, 1.807) is 22.6 Å². The molecular weight excluding hydrogens is 368 g/mol. The van der Waals surface area contributed by atoms with Crippen molar-refractivity contribution in [3.05, 3.63) is 20.9 Å². The average Bonchev–Trinajstić information content (AvgIpc) is 2.26. The molecular formula is C9H8F3IN2O3. The lowest BCUT2D eigenvalue weighted by molar-refractivity contribution is -0.276. The van der Waals surface area contributed by atoms with Gasteiger partial charge in [0.05, 0.1) is 12.7 Å². The van der Waals surface area contributed by atoms with Gasteiger partial charge in [0, 0.05) is 12.1 Å². The molecule has 0 saturated heterocycles. The molecule has 0 aliphatic carbocycles. The van der Waals surface area contributed by atoms with Gasteiger partial charge in [-0.25, -0.2) is 9.78 Å². The normalized spacial score (nSPS) is 11.2. The number of hydrogen-bond acceptors (Lipinski definition) is 5. The quantitative estimate of drug-likeness (QED) is 0.495. The molecule has 18 heavy (non-hydrogen) atoms. The van der Waals surface area contributed by atoms with Crippen LogP contribution in [0.4, 0.5) is 13.2 Å². The van der Waals surface area contributed by atoms with Gasteiger partial charge in [-0.15, -0.1) is 13.2 Å². The fourth-order valence-corrected chi connectivity index (χ4v) is 1.71. The van der Waals surface area contributed by atoms with E-state index in [1.807, 2.05) is 0 Å². The number of nitrogens with zero attached hydrogens (tertiary/aromatic N) is 1. The highest BCUT2D eigenvalue weighted by Gasteiger charge is 2.33. The van der Waals surface area contributed by atoms with E-state index in [0.29, 0.717) is 0 Å². The fraction of sp³-hybridized carbons (Fsp3) is 0.333. The van der Waals surface area contributed by atoms with E-state index in [2.05, 4.69) is 14.5 Å². The van der Waals surface area contributed by atoms with Crippen LogP contribution in [0.2, 0.25) is 0 Å². The number of nitrogens with two attached hydrogens (primary N) is 1. The first-order valence-corrected chi connectivity index (χ1v) is 5.60. The lowest BCUT2D eigenvalue weighted by Crippen LogP contribution is -2.21. The Morgan fingerprint density at radius 3 is 2.61 bits per heavy atom. The Bertz CT molecular complexity index is 465. The van der Waals surface area contributed by atoms with Crippen LogP contribution in [0.25, 0.3) is 0 Å². The molecule has 0 spiro atoms. The summed E-state index contributed by atoms with van der Waals surface area (Å²) in [5.74, 6) is -1.37. The van der Waals surface area contributed by atoms with Crippen molar-refractivity contribution in [3.8, 4) is 5.88 Å². The third kappa shape index (κ3) is 3.70. The number of carbonyl (C=O) groups is 1. The van der Waals surface area contributed by atoms with Crippen LogP contribution in [0, 0.1) is 3.70 Å². The smallest absolute Gasteiger partial charge is 0.465 e. The second-order valence-electron chi connectivity index (χ2n) is 3.03.